The number of hydrogen-bond acceptors (Lipinski definition) is 6. The number of fused-ring (bicyclic) bond motifs is 3. The van der Waals surface area contributed by atoms with E-state index in [1.807, 2.05) is 34.9 Å². The minimum Gasteiger partial charge on any atom is -0.497 e. The van der Waals surface area contributed by atoms with Crippen LogP contribution < -0.4 is 20.5 Å². The van der Waals surface area contributed by atoms with Crippen molar-refractivity contribution >= 4 is 28.4 Å². The monoisotopic (exact) mass is 485 g/mol. The molecular formula is C27H24FN5O3. The number of amides is 1. The summed E-state index contributed by atoms with van der Waals surface area (Å²) in [5, 5.41) is 3.91. The van der Waals surface area contributed by atoms with E-state index in [9.17, 15) is 9.18 Å². The number of benzene rings is 3. The molecule has 0 bridgehead atoms. The Hall–Kier alpha value is -4.66. The molecule has 0 fully saturated rings. The van der Waals surface area contributed by atoms with Crippen molar-refractivity contribution in [1.29, 1.82) is 0 Å². The Bertz CT molecular complexity index is 1580. The minimum absolute atomic E-state index is 0.233. The number of nitrogens with zero attached hydrogens (tertiary/aromatic N) is 3. The predicted molar refractivity (Wildman–Crippen MR) is 135 cm³/mol. The SMILES string of the molecule is COc1ccc(CNc2nc3c(F)cccc3c3nc(Cc4ccc(C(N)=O)cc4)cn23)c(OC)c1. The number of imidazole rings is 1. The highest BCUT2D eigenvalue weighted by Gasteiger charge is 2.15. The second kappa shape index (κ2) is 9.53. The van der Waals surface area contributed by atoms with Crippen molar-refractivity contribution < 1.29 is 18.7 Å². The number of ether oxygens (including phenoxy) is 2. The van der Waals surface area contributed by atoms with E-state index in [0.29, 0.717) is 47.0 Å². The number of carbonyl (C=O) groups excluding carboxylic acids is 1. The van der Waals surface area contributed by atoms with Crippen LogP contribution in [0.1, 0.15) is 27.2 Å². The molecule has 0 radical (unpaired) electrons. The summed E-state index contributed by atoms with van der Waals surface area (Å²) in [6, 6.07) is 17.4. The van der Waals surface area contributed by atoms with Crippen molar-refractivity contribution in [3.8, 4) is 11.5 Å². The number of halogens is 1. The Morgan fingerprint density at radius 2 is 1.86 bits per heavy atom. The van der Waals surface area contributed by atoms with Gasteiger partial charge in [0.25, 0.3) is 0 Å². The maximum Gasteiger partial charge on any atom is 0.248 e. The van der Waals surface area contributed by atoms with Crippen molar-refractivity contribution in [3.63, 3.8) is 0 Å². The van der Waals surface area contributed by atoms with Crippen LogP contribution in [0.5, 0.6) is 11.5 Å². The molecule has 5 aromatic rings. The van der Waals surface area contributed by atoms with Gasteiger partial charge >= 0.3 is 0 Å². The standard InChI is InChI=1S/C27H24FN5O3/c1-35-20-11-10-18(23(13-20)36-2)14-30-27-32-24-21(4-3-5-22(24)28)26-31-19(15-33(26)27)12-16-6-8-17(9-7-16)25(29)34/h3-11,13,15H,12,14H2,1-2H3,(H2,29,34)(H,30,32). The first-order chi connectivity index (χ1) is 17.5. The van der Waals surface area contributed by atoms with E-state index >= 15 is 0 Å². The molecule has 2 heterocycles. The Labute approximate surface area is 206 Å². The second-order valence-corrected chi connectivity index (χ2v) is 8.27. The van der Waals surface area contributed by atoms with E-state index in [-0.39, 0.29) is 5.52 Å². The molecule has 0 aliphatic rings. The summed E-state index contributed by atoms with van der Waals surface area (Å²) < 4.78 is 27.3. The quantitative estimate of drug-likeness (QED) is 0.339. The average molecular weight is 486 g/mol. The molecule has 1 amide bonds. The third-order valence-corrected chi connectivity index (χ3v) is 5.98. The molecule has 8 nitrogen and oxygen atoms in total. The number of carbonyl (C=O) groups is 1. The van der Waals surface area contributed by atoms with Crippen molar-refractivity contribution in [2.24, 2.45) is 5.73 Å². The molecule has 0 unspecified atom stereocenters. The van der Waals surface area contributed by atoms with Crippen LogP contribution in [-0.4, -0.2) is 34.5 Å². The van der Waals surface area contributed by atoms with Crippen molar-refractivity contribution in [1.82, 2.24) is 14.4 Å². The lowest BCUT2D eigenvalue weighted by molar-refractivity contribution is 0.100. The van der Waals surface area contributed by atoms with Gasteiger partial charge in [0.15, 0.2) is 0 Å². The Morgan fingerprint density at radius 3 is 2.58 bits per heavy atom. The number of hydrogen-bond donors (Lipinski definition) is 2. The number of anilines is 1. The molecular weight excluding hydrogens is 461 g/mol. The zero-order valence-electron chi connectivity index (χ0n) is 19.8. The normalized spacial score (nSPS) is 11.1. The lowest BCUT2D eigenvalue weighted by Crippen LogP contribution is -2.10. The predicted octanol–water partition coefficient (Wildman–Crippen LogP) is 4.34. The van der Waals surface area contributed by atoms with Crippen LogP contribution in [0, 0.1) is 5.82 Å². The smallest absolute Gasteiger partial charge is 0.248 e. The number of aromatic nitrogens is 3. The Morgan fingerprint density at radius 1 is 1.06 bits per heavy atom. The van der Waals surface area contributed by atoms with Crippen molar-refractivity contribution in [2.75, 3.05) is 19.5 Å². The van der Waals surface area contributed by atoms with Gasteiger partial charge in [-0.15, -0.1) is 0 Å². The molecule has 0 aliphatic heterocycles. The van der Waals surface area contributed by atoms with Gasteiger partial charge in [0.1, 0.15) is 28.5 Å². The largest absolute Gasteiger partial charge is 0.497 e. The van der Waals surface area contributed by atoms with E-state index in [4.69, 9.17) is 20.2 Å². The minimum atomic E-state index is -0.474. The fraction of sp³-hybridized carbons (Fsp3) is 0.148. The summed E-state index contributed by atoms with van der Waals surface area (Å²) in [5.74, 6) is 0.899. The molecule has 0 spiro atoms. The van der Waals surface area contributed by atoms with E-state index in [1.54, 1.807) is 44.6 Å². The average Bonchev–Trinajstić information content (AvgIpc) is 3.32. The van der Waals surface area contributed by atoms with Gasteiger partial charge in [-0.2, -0.15) is 0 Å². The topological polar surface area (TPSA) is 104 Å². The molecule has 0 atom stereocenters. The first kappa shape index (κ1) is 23.1. The Balaban J connectivity index is 1.53. The van der Waals surface area contributed by atoms with E-state index < -0.39 is 11.7 Å². The molecule has 0 aliphatic carbocycles. The van der Waals surface area contributed by atoms with Crippen LogP contribution in [0.4, 0.5) is 10.3 Å². The number of rotatable bonds is 8. The highest BCUT2D eigenvalue weighted by Crippen LogP contribution is 2.28. The lowest BCUT2D eigenvalue weighted by atomic mass is 10.1. The van der Waals surface area contributed by atoms with Gasteiger partial charge < -0.3 is 20.5 Å². The highest BCUT2D eigenvalue weighted by atomic mass is 19.1. The third-order valence-electron chi connectivity index (χ3n) is 5.98. The summed E-state index contributed by atoms with van der Waals surface area (Å²) in [6.45, 7) is 0.386. The molecule has 5 rings (SSSR count). The molecule has 3 aromatic carbocycles. The maximum atomic E-state index is 14.7. The first-order valence-electron chi connectivity index (χ1n) is 11.3. The van der Waals surface area contributed by atoms with Crippen LogP contribution in [0.25, 0.3) is 16.6 Å². The third kappa shape index (κ3) is 4.38. The Kier molecular flexibility index (Phi) is 6.12. The van der Waals surface area contributed by atoms with Gasteiger partial charge in [-0.05, 0) is 42.0 Å². The summed E-state index contributed by atoms with van der Waals surface area (Å²) in [5.41, 5.74) is 9.22. The van der Waals surface area contributed by atoms with Crippen molar-refractivity contribution in [2.45, 2.75) is 13.0 Å². The summed E-state index contributed by atoms with van der Waals surface area (Å²) in [4.78, 5) is 20.7. The fourth-order valence-electron chi connectivity index (χ4n) is 4.13. The van der Waals surface area contributed by atoms with E-state index in [0.717, 1.165) is 16.8 Å². The van der Waals surface area contributed by atoms with Gasteiger partial charge in [0.05, 0.1) is 19.9 Å². The van der Waals surface area contributed by atoms with Gasteiger partial charge in [0, 0.05) is 41.7 Å². The number of methoxy groups -OCH3 is 2. The number of primary amides is 1. The molecule has 9 heteroatoms. The van der Waals surface area contributed by atoms with Crippen LogP contribution in [0.2, 0.25) is 0 Å². The zero-order chi connectivity index (χ0) is 25.2. The zero-order valence-corrected chi connectivity index (χ0v) is 19.8. The van der Waals surface area contributed by atoms with E-state index in [1.165, 1.54) is 6.07 Å². The molecule has 0 saturated carbocycles. The molecule has 36 heavy (non-hydrogen) atoms. The summed E-state index contributed by atoms with van der Waals surface area (Å²) in [7, 11) is 3.19. The summed E-state index contributed by atoms with van der Waals surface area (Å²) >= 11 is 0. The van der Waals surface area contributed by atoms with Crippen LogP contribution in [0.3, 0.4) is 0 Å². The van der Waals surface area contributed by atoms with Gasteiger partial charge in [-0.1, -0.05) is 18.2 Å². The number of nitrogens with two attached hydrogens (primary N) is 1. The number of nitrogens with one attached hydrogen (secondary N) is 1. The van der Waals surface area contributed by atoms with Gasteiger partial charge in [-0.3, -0.25) is 9.20 Å². The van der Waals surface area contributed by atoms with Crippen LogP contribution >= 0.6 is 0 Å². The van der Waals surface area contributed by atoms with Crippen molar-refractivity contribution in [3.05, 3.63) is 95.1 Å². The summed E-state index contributed by atoms with van der Waals surface area (Å²) in [6.07, 6.45) is 2.39. The maximum absolute atomic E-state index is 14.7. The van der Waals surface area contributed by atoms with Gasteiger partial charge in [-0.25, -0.2) is 14.4 Å². The number of para-hydroxylation sites is 1. The highest BCUT2D eigenvalue weighted by molar-refractivity contribution is 5.93. The first-order valence-corrected chi connectivity index (χ1v) is 11.3. The molecule has 3 N–H and O–H groups in total. The molecule has 182 valence electrons. The van der Waals surface area contributed by atoms with Crippen LogP contribution in [-0.2, 0) is 13.0 Å². The van der Waals surface area contributed by atoms with Gasteiger partial charge in [0.2, 0.25) is 11.9 Å². The van der Waals surface area contributed by atoms with E-state index in [2.05, 4.69) is 10.3 Å². The van der Waals surface area contributed by atoms with Crippen LogP contribution in [0.15, 0.2) is 66.9 Å². The fourth-order valence-corrected chi connectivity index (χ4v) is 4.13. The molecule has 0 saturated heterocycles. The molecule has 2 aromatic heterocycles. The lowest BCUT2D eigenvalue weighted by Gasteiger charge is -2.13. The second-order valence-electron chi connectivity index (χ2n) is 8.27.